The van der Waals surface area contributed by atoms with Gasteiger partial charge < -0.3 is 15.5 Å². The molecule has 2 aromatic rings. The monoisotopic (exact) mass is 363 g/mol. The van der Waals surface area contributed by atoms with Gasteiger partial charge in [0.15, 0.2) is 5.96 Å². The van der Waals surface area contributed by atoms with Gasteiger partial charge in [-0.3, -0.25) is 4.99 Å². The second-order valence-corrected chi connectivity index (χ2v) is 7.32. The van der Waals surface area contributed by atoms with Gasteiger partial charge in [0.05, 0.1) is 16.4 Å². The maximum atomic E-state index is 14.0. The molecule has 0 radical (unpaired) electrons. The van der Waals surface area contributed by atoms with E-state index < -0.39 is 0 Å². The highest BCUT2D eigenvalue weighted by molar-refractivity contribution is 7.11. The normalized spacial score (nSPS) is 11.5. The van der Waals surface area contributed by atoms with Gasteiger partial charge in [-0.25, -0.2) is 9.37 Å². The summed E-state index contributed by atoms with van der Waals surface area (Å²) in [5.74, 6) is 0.476. The molecule has 0 aliphatic carbocycles. The molecular formula is C18H26FN5S. The van der Waals surface area contributed by atoms with Gasteiger partial charge in [0.2, 0.25) is 0 Å². The van der Waals surface area contributed by atoms with Crippen LogP contribution in [0.3, 0.4) is 0 Å². The number of guanidine groups is 1. The van der Waals surface area contributed by atoms with Crippen molar-refractivity contribution in [1.82, 2.24) is 15.6 Å². The van der Waals surface area contributed by atoms with E-state index in [1.807, 2.05) is 27.1 Å². The first-order valence-electron chi connectivity index (χ1n) is 8.24. The number of hydrogen-bond donors (Lipinski definition) is 2. The molecule has 0 aliphatic heterocycles. The van der Waals surface area contributed by atoms with Gasteiger partial charge in [-0.15, -0.1) is 11.3 Å². The lowest BCUT2D eigenvalue weighted by molar-refractivity contribution is 0.623. The SMILES string of the molecule is CN=C(NCCc1nc(C)c(C)s1)NCc1ccc(N(C)C)c(F)c1. The Bertz CT molecular complexity index is 720. The van der Waals surface area contributed by atoms with E-state index in [2.05, 4.69) is 27.5 Å². The number of rotatable bonds is 6. The molecule has 0 atom stereocenters. The molecule has 1 aromatic carbocycles. The fourth-order valence-electron chi connectivity index (χ4n) is 2.36. The third-order valence-corrected chi connectivity index (χ3v) is 5.01. The Hall–Kier alpha value is -2.15. The molecule has 1 heterocycles. The first-order chi connectivity index (χ1) is 11.9. The second-order valence-electron chi connectivity index (χ2n) is 6.03. The molecule has 136 valence electrons. The molecule has 0 bridgehead atoms. The smallest absolute Gasteiger partial charge is 0.191 e. The molecule has 0 amide bonds. The molecule has 1 aromatic heterocycles. The van der Waals surface area contributed by atoms with Gasteiger partial charge in [0.25, 0.3) is 0 Å². The van der Waals surface area contributed by atoms with E-state index >= 15 is 0 Å². The number of aliphatic imine (C=N–C) groups is 1. The molecule has 0 spiro atoms. The Morgan fingerprint density at radius 3 is 2.60 bits per heavy atom. The minimum Gasteiger partial charge on any atom is -0.375 e. The quantitative estimate of drug-likeness (QED) is 0.612. The summed E-state index contributed by atoms with van der Waals surface area (Å²) >= 11 is 1.73. The van der Waals surface area contributed by atoms with Crippen LogP contribution in [0.2, 0.25) is 0 Å². The number of hydrogen-bond acceptors (Lipinski definition) is 4. The molecule has 5 nitrogen and oxygen atoms in total. The molecule has 7 heteroatoms. The molecule has 0 aliphatic rings. The van der Waals surface area contributed by atoms with E-state index in [0.717, 1.165) is 29.2 Å². The Balaban J connectivity index is 1.83. The van der Waals surface area contributed by atoms with Crippen molar-refractivity contribution >= 4 is 23.0 Å². The molecular weight excluding hydrogens is 337 g/mol. The molecule has 2 rings (SSSR count). The minimum absolute atomic E-state index is 0.221. The fourth-order valence-corrected chi connectivity index (χ4v) is 3.30. The van der Waals surface area contributed by atoms with Crippen LogP contribution in [-0.4, -0.2) is 38.6 Å². The van der Waals surface area contributed by atoms with Gasteiger partial charge in [-0.1, -0.05) is 6.07 Å². The summed E-state index contributed by atoms with van der Waals surface area (Å²) in [6, 6.07) is 5.26. The largest absolute Gasteiger partial charge is 0.375 e. The van der Waals surface area contributed by atoms with Crippen LogP contribution < -0.4 is 15.5 Å². The molecule has 0 saturated heterocycles. The van der Waals surface area contributed by atoms with E-state index in [9.17, 15) is 4.39 Å². The molecule has 25 heavy (non-hydrogen) atoms. The summed E-state index contributed by atoms with van der Waals surface area (Å²) in [5.41, 5.74) is 2.56. The average molecular weight is 364 g/mol. The van der Waals surface area contributed by atoms with E-state index in [-0.39, 0.29) is 5.82 Å². The van der Waals surface area contributed by atoms with Crippen molar-refractivity contribution in [1.29, 1.82) is 0 Å². The summed E-state index contributed by atoms with van der Waals surface area (Å²) < 4.78 is 14.0. The number of anilines is 1. The van der Waals surface area contributed by atoms with Crippen molar-refractivity contribution in [3.63, 3.8) is 0 Å². The zero-order chi connectivity index (χ0) is 18.4. The van der Waals surface area contributed by atoms with Gasteiger partial charge in [0.1, 0.15) is 5.82 Å². The minimum atomic E-state index is -0.221. The molecule has 2 N–H and O–H groups in total. The Morgan fingerprint density at radius 2 is 2.04 bits per heavy atom. The van der Waals surface area contributed by atoms with E-state index in [4.69, 9.17) is 0 Å². The van der Waals surface area contributed by atoms with Crippen LogP contribution in [0.1, 0.15) is 21.1 Å². The van der Waals surface area contributed by atoms with Crippen molar-refractivity contribution in [2.24, 2.45) is 4.99 Å². The zero-order valence-electron chi connectivity index (χ0n) is 15.5. The molecule has 0 unspecified atom stereocenters. The van der Waals surface area contributed by atoms with Crippen LogP contribution >= 0.6 is 11.3 Å². The standard InChI is InChI=1S/C18H26FN5S/c1-12-13(2)25-17(23-12)8-9-21-18(20-3)22-11-14-6-7-16(24(4)5)15(19)10-14/h6-7,10H,8-9,11H2,1-5H3,(H2,20,21,22). The predicted molar refractivity (Wildman–Crippen MR) is 104 cm³/mol. The lowest BCUT2D eigenvalue weighted by atomic mass is 10.2. The first kappa shape index (κ1) is 19.2. The van der Waals surface area contributed by atoms with Crippen molar-refractivity contribution in [3.05, 3.63) is 45.2 Å². The van der Waals surface area contributed by atoms with E-state index in [0.29, 0.717) is 18.2 Å². The van der Waals surface area contributed by atoms with Crippen LogP contribution in [0.4, 0.5) is 10.1 Å². The average Bonchev–Trinajstić information content (AvgIpc) is 2.88. The van der Waals surface area contributed by atoms with Crippen molar-refractivity contribution < 1.29 is 4.39 Å². The number of aromatic nitrogens is 1. The maximum Gasteiger partial charge on any atom is 0.191 e. The van der Waals surface area contributed by atoms with Gasteiger partial charge in [-0.2, -0.15) is 0 Å². The summed E-state index contributed by atoms with van der Waals surface area (Å²) in [7, 11) is 5.38. The van der Waals surface area contributed by atoms with Crippen molar-refractivity contribution in [3.8, 4) is 0 Å². The Morgan fingerprint density at radius 1 is 1.28 bits per heavy atom. The topological polar surface area (TPSA) is 52.6 Å². The summed E-state index contributed by atoms with van der Waals surface area (Å²) in [6.07, 6.45) is 0.853. The number of halogens is 1. The van der Waals surface area contributed by atoms with E-state index in [1.165, 1.54) is 4.88 Å². The maximum absolute atomic E-state index is 14.0. The highest BCUT2D eigenvalue weighted by Crippen LogP contribution is 2.18. The van der Waals surface area contributed by atoms with Crippen molar-refractivity contribution in [2.75, 3.05) is 32.6 Å². The van der Waals surface area contributed by atoms with Crippen LogP contribution in [0.15, 0.2) is 23.2 Å². The van der Waals surface area contributed by atoms with Crippen LogP contribution in [0.25, 0.3) is 0 Å². The zero-order valence-corrected chi connectivity index (χ0v) is 16.3. The first-order valence-corrected chi connectivity index (χ1v) is 9.05. The Labute approximate surface area is 153 Å². The highest BCUT2D eigenvalue weighted by atomic mass is 32.1. The van der Waals surface area contributed by atoms with Crippen LogP contribution in [-0.2, 0) is 13.0 Å². The van der Waals surface area contributed by atoms with Crippen molar-refractivity contribution in [2.45, 2.75) is 26.8 Å². The fraction of sp³-hybridized carbons (Fsp3) is 0.444. The number of benzene rings is 1. The Kier molecular flexibility index (Phi) is 6.75. The highest BCUT2D eigenvalue weighted by Gasteiger charge is 2.07. The summed E-state index contributed by atoms with van der Waals surface area (Å²) in [4.78, 5) is 11.8. The van der Waals surface area contributed by atoms with Gasteiger partial charge in [-0.05, 0) is 31.5 Å². The number of thiazole rings is 1. The predicted octanol–water partition coefficient (Wildman–Crippen LogP) is 2.87. The number of nitrogens with zero attached hydrogens (tertiary/aromatic N) is 3. The molecule has 0 saturated carbocycles. The second kappa shape index (κ2) is 8.80. The van der Waals surface area contributed by atoms with Gasteiger partial charge >= 0.3 is 0 Å². The third kappa shape index (κ3) is 5.42. The lowest BCUT2D eigenvalue weighted by Crippen LogP contribution is -2.37. The van der Waals surface area contributed by atoms with E-state index in [1.54, 1.807) is 35.4 Å². The number of aryl methyl sites for hydroxylation is 2. The lowest BCUT2D eigenvalue weighted by Gasteiger charge is -2.15. The van der Waals surface area contributed by atoms with Gasteiger partial charge in [0, 0.05) is 45.5 Å². The van der Waals surface area contributed by atoms with Crippen LogP contribution in [0, 0.1) is 19.7 Å². The van der Waals surface area contributed by atoms with Crippen LogP contribution in [0.5, 0.6) is 0 Å². The molecule has 0 fully saturated rings. The third-order valence-electron chi connectivity index (χ3n) is 3.88. The summed E-state index contributed by atoms with van der Waals surface area (Å²) in [6.45, 7) is 5.38. The summed E-state index contributed by atoms with van der Waals surface area (Å²) in [5, 5.41) is 7.60. The number of nitrogens with one attached hydrogen (secondary N) is 2.